The van der Waals surface area contributed by atoms with Crippen molar-refractivity contribution in [3.05, 3.63) is 69.8 Å². The number of rotatable bonds is 3. The maximum absolute atomic E-state index is 12.9. The standard InChI is InChI=1S/C20H16BrNO4/c1-25-15-8-2-12(3-9-15)16-10-18(23)22(14-6-4-13(21)5-7-14)17-11-26-20(24)19(16)17/h2-9,16H,10-11H2,1H3/t16-/m1/s1. The highest BCUT2D eigenvalue weighted by Crippen LogP contribution is 2.42. The third-order valence-electron chi connectivity index (χ3n) is 4.72. The van der Waals surface area contributed by atoms with Crippen LogP contribution in [0.4, 0.5) is 5.69 Å². The van der Waals surface area contributed by atoms with Gasteiger partial charge in [-0.3, -0.25) is 9.69 Å². The molecule has 26 heavy (non-hydrogen) atoms. The van der Waals surface area contributed by atoms with Gasteiger partial charge in [0, 0.05) is 22.5 Å². The Morgan fingerprint density at radius 1 is 1.08 bits per heavy atom. The van der Waals surface area contributed by atoms with Crippen molar-refractivity contribution >= 4 is 33.5 Å². The number of carbonyl (C=O) groups excluding carboxylic acids is 2. The Morgan fingerprint density at radius 3 is 2.42 bits per heavy atom. The first-order valence-electron chi connectivity index (χ1n) is 8.21. The topological polar surface area (TPSA) is 55.8 Å². The smallest absolute Gasteiger partial charge is 0.336 e. The van der Waals surface area contributed by atoms with Crippen molar-refractivity contribution < 1.29 is 19.1 Å². The van der Waals surface area contributed by atoms with Crippen LogP contribution in [0.1, 0.15) is 17.9 Å². The minimum absolute atomic E-state index is 0.0507. The summed E-state index contributed by atoms with van der Waals surface area (Å²) in [7, 11) is 1.60. The molecule has 1 atom stereocenters. The summed E-state index contributed by atoms with van der Waals surface area (Å²) in [6.45, 7) is 0.114. The largest absolute Gasteiger partial charge is 0.497 e. The number of hydrogen-bond donors (Lipinski definition) is 0. The van der Waals surface area contributed by atoms with Crippen molar-refractivity contribution in [2.45, 2.75) is 12.3 Å². The Kier molecular flexibility index (Phi) is 4.28. The number of carbonyl (C=O) groups is 2. The molecule has 0 spiro atoms. The third kappa shape index (κ3) is 2.80. The molecule has 0 radical (unpaired) electrons. The quantitative estimate of drug-likeness (QED) is 0.718. The fourth-order valence-electron chi connectivity index (χ4n) is 3.46. The van der Waals surface area contributed by atoms with Gasteiger partial charge in [-0.2, -0.15) is 0 Å². The summed E-state index contributed by atoms with van der Waals surface area (Å²) in [4.78, 5) is 26.9. The van der Waals surface area contributed by atoms with Gasteiger partial charge < -0.3 is 9.47 Å². The lowest BCUT2D eigenvalue weighted by atomic mass is 9.84. The number of benzene rings is 2. The Labute approximate surface area is 159 Å². The normalized spacial score (nSPS) is 19.5. The first-order chi connectivity index (χ1) is 12.6. The molecule has 2 aromatic carbocycles. The predicted octanol–water partition coefficient (Wildman–Crippen LogP) is 3.79. The second-order valence-electron chi connectivity index (χ2n) is 6.17. The molecule has 0 fully saturated rings. The number of hydrogen-bond acceptors (Lipinski definition) is 4. The van der Waals surface area contributed by atoms with E-state index in [1.165, 1.54) is 0 Å². The van der Waals surface area contributed by atoms with Gasteiger partial charge in [0.1, 0.15) is 12.4 Å². The fraction of sp³-hybridized carbons (Fsp3) is 0.200. The van der Waals surface area contributed by atoms with Crippen molar-refractivity contribution in [2.75, 3.05) is 18.6 Å². The van der Waals surface area contributed by atoms with Crippen molar-refractivity contribution in [2.24, 2.45) is 0 Å². The molecule has 0 bridgehead atoms. The van der Waals surface area contributed by atoms with Gasteiger partial charge in [-0.05, 0) is 42.0 Å². The molecular formula is C20H16BrNO4. The van der Waals surface area contributed by atoms with Crippen molar-refractivity contribution in [3.63, 3.8) is 0 Å². The van der Waals surface area contributed by atoms with E-state index in [9.17, 15) is 9.59 Å². The van der Waals surface area contributed by atoms with Crippen molar-refractivity contribution in [3.8, 4) is 5.75 Å². The van der Waals surface area contributed by atoms with Crippen LogP contribution < -0.4 is 9.64 Å². The lowest BCUT2D eigenvalue weighted by Gasteiger charge is -2.32. The van der Waals surface area contributed by atoms with Crippen molar-refractivity contribution in [1.29, 1.82) is 0 Å². The Morgan fingerprint density at radius 2 is 1.77 bits per heavy atom. The van der Waals surface area contributed by atoms with Gasteiger partial charge in [-0.15, -0.1) is 0 Å². The number of halogens is 1. The third-order valence-corrected chi connectivity index (χ3v) is 5.25. The predicted molar refractivity (Wildman–Crippen MR) is 100.0 cm³/mol. The van der Waals surface area contributed by atoms with E-state index in [1.807, 2.05) is 48.5 Å². The van der Waals surface area contributed by atoms with Crippen LogP contribution in [0.3, 0.4) is 0 Å². The molecule has 0 saturated heterocycles. The number of ether oxygens (including phenoxy) is 2. The van der Waals surface area contributed by atoms with Gasteiger partial charge in [0.25, 0.3) is 0 Å². The lowest BCUT2D eigenvalue weighted by molar-refractivity contribution is -0.136. The molecule has 4 rings (SSSR count). The monoisotopic (exact) mass is 413 g/mol. The van der Waals surface area contributed by atoms with Gasteiger partial charge >= 0.3 is 5.97 Å². The molecule has 0 N–H and O–H groups in total. The molecule has 0 aromatic heterocycles. The van der Waals surface area contributed by atoms with Gasteiger partial charge in [0.15, 0.2) is 0 Å². The lowest BCUT2D eigenvalue weighted by Crippen LogP contribution is -2.37. The van der Waals surface area contributed by atoms with Gasteiger partial charge in [0.2, 0.25) is 5.91 Å². The average molecular weight is 414 g/mol. The zero-order chi connectivity index (χ0) is 18.3. The molecule has 6 heteroatoms. The molecule has 5 nitrogen and oxygen atoms in total. The van der Waals surface area contributed by atoms with Crippen LogP contribution in [-0.4, -0.2) is 25.6 Å². The van der Waals surface area contributed by atoms with Crippen LogP contribution in [0.25, 0.3) is 0 Å². The van der Waals surface area contributed by atoms with E-state index >= 15 is 0 Å². The summed E-state index contributed by atoms with van der Waals surface area (Å²) >= 11 is 3.40. The van der Waals surface area contributed by atoms with Crippen LogP contribution >= 0.6 is 15.9 Å². The van der Waals surface area contributed by atoms with E-state index in [0.717, 1.165) is 21.5 Å². The molecule has 2 heterocycles. The number of anilines is 1. The first kappa shape index (κ1) is 16.8. The zero-order valence-electron chi connectivity index (χ0n) is 14.1. The molecule has 2 aliphatic heterocycles. The molecule has 0 saturated carbocycles. The number of esters is 1. The maximum atomic E-state index is 12.9. The highest BCUT2D eigenvalue weighted by Gasteiger charge is 2.42. The minimum atomic E-state index is -0.351. The Balaban J connectivity index is 1.78. The number of nitrogens with zero attached hydrogens (tertiary/aromatic N) is 1. The first-order valence-corrected chi connectivity index (χ1v) is 9.00. The highest BCUT2D eigenvalue weighted by molar-refractivity contribution is 9.10. The van der Waals surface area contributed by atoms with E-state index in [4.69, 9.17) is 9.47 Å². The maximum Gasteiger partial charge on any atom is 0.336 e. The number of methoxy groups -OCH3 is 1. The Bertz CT molecular complexity index is 902. The summed E-state index contributed by atoms with van der Waals surface area (Å²) in [5.41, 5.74) is 2.84. The second kappa shape index (κ2) is 6.61. The molecule has 1 amide bonds. The van der Waals surface area contributed by atoms with Gasteiger partial charge in [-0.1, -0.05) is 28.1 Å². The van der Waals surface area contributed by atoms with E-state index < -0.39 is 0 Å². The van der Waals surface area contributed by atoms with Crippen LogP contribution in [0, 0.1) is 0 Å². The van der Waals surface area contributed by atoms with Crippen LogP contribution in [-0.2, 0) is 14.3 Å². The minimum Gasteiger partial charge on any atom is -0.497 e. The molecule has 2 aliphatic rings. The van der Waals surface area contributed by atoms with Gasteiger partial charge in [0.05, 0.1) is 18.4 Å². The number of cyclic esters (lactones) is 1. The number of amides is 1. The molecule has 132 valence electrons. The summed E-state index contributed by atoms with van der Waals surface area (Å²) in [5, 5.41) is 0. The summed E-state index contributed by atoms with van der Waals surface area (Å²) < 4.78 is 11.4. The molecule has 2 aromatic rings. The summed E-state index contributed by atoms with van der Waals surface area (Å²) in [6.07, 6.45) is 0.219. The fourth-order valence-corrected chi connectivity index (χ4v) is 3.73. The SMILES string of the molecule is COc1ccc([C@H]2CC(=O)N(c3ccc(Br)cc3)C3=C2C(=O)OC3)cc1. The van der Waals surface area contributed by atoms with Crippen LogP contribution in [0.2, 0.25) is 0 Å². The van der Waals surface area contributed by atoms with E-state index in [1.54, 1.807) is 12.0 Å². The average Bonchev–Trinajstić information content (AvgIpc) is 3.04. The van der Waals surface area contributed by atoms with Gasteiger partial charge in [-0.25, -0.2) is 4.79 Å². The second-order valence-corrected chi connectivity index (χ2v) is 7.09. The molecule has 0 unspecified atom stereocenters. The van der Waals surface area contributed by atoms with E-state index in [0.29, 0.717) is 11.3 Å². The molecule has 0 aliphatic carbocycles. The molecular weight excluding hydrogens is 398 g/mol. The van der Waals surface area contributed by atoms with Crippen LogP contribution in [0.5, 0.6) is 5.75 Å². The van der Waals surface area contributed by atoms with Crippen molar-refractivity contribution in [1.82, 2.24) is 0 Å². The summed E-state index contributed by atoms with van der Waals surface area (Å²) in [5.74, 6) is 0.0290. The Hall–Kier alpha value is -2.60. The van der Waals surface area contributed by atoms with Crippen LogP contribution in [0.15, 0.2) is 64.3 Å². The highest BCUT2D eigenvalue weighted by atomic mass is 79.9. The summed E-state index contributed by atoms with van der Waals surface area (Å²) in [6, 6.07) is 14.9. The van der Waals surface area contributed by atoms with E-state index in [2.05, 4.69) is 15.9 Å². The zero-order valence-corrected chi connectivity index (χ0v) is 15.7. The van der Waals surface area contributed by atoms with E-state index in [-0.39, 0.29) is 30.8 Å².